The summed E-state index contributed by atoms with van der Waals surface area (Å²) in [6.45, 7) is 1.93. The van der Waals surface area contributed by atoms with Crippen molar-refractivity contribution in [3.8, 4) is 0 Å². The Hall–Kier alpha value is -1.42. The van der Waals surface area contributed by atoms with E-state index in [2.05, 4.69) is 4.98 Å². The topological polar surface area (TPSA) is 76.2 Å². The molecule has 4 heteroatoms. The first-order valence-corrected chi connectivity index (χ1v) is 4.11. The minimum atomic E-state index is -1.02. The minimum absolute atomic E-state index is 0.0430. The number of carboxylic acids is 1. The van der Waals surface area contributed by atoms with Gasteiger partial charge in [-0.2, -0.15) is 0 Å². The van der Waals surface area contributed by atoms with Crippen molar-refractivity contribution in [3.05, 3.63) is 29.6 Å². The highest BCUT2D eigenvalue weighted by Gasteiger charge is 2.08. The van der Waals surface area contributed by atoms with E-state index >= 15 is 0 Å². The van der Waals surface area contributed by atoms with Gasteiger partial charge in [-0.3, -0.25) is 0 Å². The largest absolute Gasteiger partial charge is 0.477 e. The number of carboxylic acid groups (broad SMARTS) is 1. The fourth-order valence-electron chi connectivity index (χ4n) is 0.986. The zero-order valence-corrected chi connectivity index (χ0v) is 7.40. The number of hydrogen-bond acceptors (Lipinski definition) is 3. The van der Waals surface area contributed by atoms with Crippen LogP contribution in [0.1, 0.15) is 35.6 Å². The lowest BCUT2D eigenvalue weighted by Crippen LogP contribution is -2.12. The monoisotopic (exact) mass is 180 g/mol. The summed E-state index contributed by atoms with van der Waals surface area (Å²) in [4.78, 5) is 14.5. The van der Waals surface area contributed by atoms with E-state index in [1.54, 1.807) is 12.1 Å². The maximum Gasteiger partial charge on any atom is 0.354 e. The Morgan fingerprint density at radius 3 is 2.92 bits per heavy atom. The summed E-state index contributed by atoms with van der Waals surface area (Å²) in [5, 5.41) is 8.66. The second-order valence-corrected chi connectivity index (χ2v) is 2.77. The van der Waals surface area contributed by atoms with Crippen LogP contribution in [0.15, 0.2) is 18.2 Å². The van der Waals surface area contributed by atoms with Gasteiger partial charge in [-0.1, -0.05) is 13.0 Å². The number of carbonyl (C=O) groups is 1. The van der Waals surface area contributed by atoms with E-state index in [1.807, 2.05) is 6.92 Å². The number of hydrogen-bond donors (Lipinski definition) is 2. The zero-order chi connectivity index (χ0) is 9.84. The van der Waals surface area contributed by atoms with Gasteiger partial charge >= 0.3 is 5.97 Å². The van der Waals surface area contributed by atoms with Gasteiger partial charge in [0, 0.05) is 6.04 Å². The Morgan fingerprint density at radius 1 is 1.69 bits per heavy atom. The molecule has 1 aromatic rings. The van der Waals surface area contributed by atoms with Gasteiger partial charge in [-0.15, -0.1) is 0 Å². The van der Waals surface area contributed by atoms with Crippen molar-refractivity contribution >= 4 is 5.97 Å². The molecule has 0 aliphatic heterocycles. The third kappa shape index (κ3) is 2.26. The van der Waals surface area contributed by atoms with Crippen molar-refractivity contribution in [2.24, 2.45) is 5.73 Å². The predicted molar refractivity (Wildman–Crippen MR) is 48.4 cm³/mol. The fourth-order valence-corrected chi connectivity index (χ4v) is 0.986. The summed E-state index contributed by atoms with van der Waals surface area (Å²) >= 11 is 0. The second-order valence-electron chi connectivity index (χ2n) is 2.77. The van der Waals surface area contributed by atoms with Crippen molar-refractivity contribution in [2.75, 3.05) is 0 Å². The molecule has 0 spiro atoms. The van der Waals surface area contributed by atoms with E-state index in [4.69, 9.17) is 10.8 Å². The van der Waals surface area contributed by atoms with Gasteiger partial charge in [0.1, 0.15) is 5.69 Å². The van der Waals surface area contributed by atoms with Gasteiger partial charge in [-0.25, -0.2) is 9.78 Å². The van der Waals surface area contributed by atoms with Crippen LogP contribution < -0.4 is 5.73 Å². The highest BCUT2D eigenvalue weighted by atomic mass is 16.4. The first kappa shape index (κ1) is 9.67. The van der Waals surface area contributed by atoms with E-state index in [1.165, 1.54) is 6.07 Å². The highest BCUT2D eigenvalue weighted by molar-refractivity contribution is 5.85. The Labute approximate surface area is 76.4 Å². The second kappa shape index (κ2) is 4.00. The molecule has 0 aromatic carbocycles. The molecule has 13 heavy (non-hydrogen) atoms. The average molecular weight is 180 g/mol. The Balaban J connectivity index is 2.98. The van der Waals surface area contributed by atoms with Gasteiger partial charge < -0.3 is 10.8 Å². The molecular weight excluding hydrogens is 168 g/mol. The van der Waals surface area contributed by atoms with E-state index in [-0.39, 0.29) is 11.7 Å². The molecule has 1 unspecified atom stereocenters. The lowest BCUT2D eigenvalue weighted by molar-refractivity contribution is 0.0690. The summed E-state index contributed by atoms with van der Waals surface area (Å²) in [6, 6.07) is 4.66. The van der Waals surface area contributed by atoms with Crippen LogP contribution in [-0.2, 0) is 0 Å². The molecule has 1 aromatic heterocycles. The minimum Gasteiger partial charge on any atom is -0.477 e. The van der Waals surface area contributed by atoms with Crippen molar-refractivity contribution in [2.45, 2.75) is 19.4 Å². The van der Waals surface area contributed by atoms with E-state index in [0.717, 1.165) is 6.42 Å². The van der Waals surface area contributed by atoms with Crippen LogP contribution in [0.3, 0.4) is 0 Å². The molecule has 70 valence electrons. The van der Waals surface area contributed by atoms with Crippen LogP contribution in [-0.4, -0.2) is 16.1 Å². The average Bonchev–Trinajstić information content (AvgIpc) is 2.17. The van der Waals surface area contributed by atoms with Crippen molar-refractivity contribution in [1.29, 1.82) is 0 Å². The number of rotatable bonds is 3. The van der Waals surface area contributed by atoms with Crippen LogP contribution in [0.4, 0.5) is 0 Å². The van der Waals surface area contributed by atoms with Crippen LogP contribution in [0.2, 0.25) is 0 Å². The molecule has 0 radical (unpaired) electrons. The zero-order valence-electron chi connectivity index (χ0n) is 7.40. The summed E-state index contributed by atoms with van der Waals surface area (Å²) in [5.41, 5.74) is 6.38. The fraction of sp³-hybridized carbons (Fsp3) is 0.333. The van der Waals surface area contributed by atoms with Crippen molar-refractivity contribution < 1.29 is 9.90 Å². The van der Waals surface area contributed by atoms with Crippen LogP contribution in [0.5, 0.6) is 0 Å². The Morgan fingerprint density at radius 2 is 2.38 bits per heavy atom. The van der Waals surface area contributed by atoms with Crippen molar-refractivity contribution in [3.63, 3.8) is 0 Å². The molecule has 0 fully saturated rings. The molecule has 0 bridgehead atoms. The standard InChI is InChI=1S/C9H12N2O2/c1-2-6(10)7-4-3-5-8(11-7)9(12)13/h3-6H,2,10H2,1H3,(H,12,13). The molecule has 0 aliphatic carbocycles. The van der Waals surface area contributed by atoms with Crippen molar-refractivity contribution in [1.82, 2.24) is 4.98 Å². The normalized spacial score (nSPS) is 12.5. The third-order valence-corrected chi connectivity index (χ3v) is 1.81. The lowest BCUT2D eigenvalue weighted by Gasteiger charge is -2.07. The highest BCUT2D eigenvalue weighted by Crippen LogP contribution is 2.10. The third-order valence-electron chi connectivity index (χ3n) is 1.81. The van der Waals surface area contributed by atoms with E-state index in [9.17, 15) is 4.79 Å². The van der Waals surface area contributed by atoms with Gasteiger partial charge in [0.05, 0.1) is 5.69 Å². The Bertz CT molecular complexity index is 312. The number of pyridine rings is 1. The molecule has 0 saturated heterocycles. The maximum atomic E-state index is 10.6. The van der Waals surface area contributed by atoms with Gasteiger partial charge in [0.15, 0.2) is 0 Å². The maximum absolute atomic E-state index is 10.6. The molecule has 1 atom stereocenters. The summed E-state index contributed by atoms with van der Waals surface area (Å²) in [7, 11) is 0. The van der Waals surface area contributed by atoms with Crippen LogP contribution in [0, 0.1) is 0 Å². The van der Waals surface area contributed by atoms with Gasteiger partial charge in [0.2, 0.25) is 0 Å². The SMILES string of the molecule is CCC(N)c1cccc(C(=O)O)n1. The first-order valence-electron chi connectivity index (χ1n) is 4.11. The lowest BCUT2D eigenvalue weighted by atomic mass is 10.1. The first-order chi connectivity index (χ1) is 6.15. The predicted octanol–water partition coefficient (Wildman–Crippen LogP) is 1.19. The number of aromatic nitrogens is 1. The molecule has 1 rings (SSSR count). The number of nitrogens with two attached hydrogens (primary N) is 1. The molecule has 0 saturated carbocycles. The number of aromatic carboxylic acids is 1. The van der Waals surface area contributed by atoms with E-state index in [0.29, 0.717) is 5.69 Å². The van der Waals surface area contributed by atoms with E-state index < -0.39 is 5.97 Å². The molecule has 0 aliphatic rings. The van der Waals surface area contributed by atoms with Gasteiger partial charge in [-0.05, 0) is 18.6 Å². The summed E-state index contributed by atoms with van der Waals surface area (Å²) in [6.07, 6.45) is 0.746. The van der Waals surface area contributed by atoms with Crippen LogP contribution >= 0.6 is 0 Å². The smallest absolute Gasteiger partial charge is 0.354 e. The number of nitrogens with zero attached hydrogens (tertiary/aromatic N) is 1. The van der Waals surface area contributed by atoms with Gasteiger partial charge in [0.25, 0.3) is 0 Å². The molecule has 1 heterocycles. The Kier molecular flexibility index (Phi) is 2.97. The molecule has 0 amide bonds. The molecule has 4 nitrogen and oxygen atoms in total. The molecule has 3 N–H and O–H groups in total. The quantitative estimate of drug-likeness (QED) is 0.732. The van der Waals surface area contributed by atoms with Crippen LogP contribution in [0.25, 0.3) is 0 Å². The summed E-state index contributed by atoms with van der Waals surface area (Å²) in [5.74, 6) is -1.02. The molecular formula is C9H12N2O2. The summed E-state index contributed by atoms with van der Waals surface area (Å²) < 4.78 is 0.